The van der Waals surface area contributed by atoms with E-state index in [1.165, 1.54) is 0 Å². The number of hydrogen-bond donors (Lipinski definition) is 1. The van der Waals surface area contributed by atoms with Crippen LogP contribution in [0.15, 0.2) is 12.4 Å². The van der Waals surface area contributed by atoms with Crippen LogP contribution in [0.3, 0.4) is 0 Å². The van der Waals surface area contributed by atoms with Crippen LogP contribution in [0.25, 0.3) is 0 Å². The van der Waals surface area contributed by atoms with Crippen LogP contribution >= 0.6 is 0 Å². The number of carbonyl (C=O) groups is 1. The highest BCUT2D eigenvalue weighted by Crippen LogP contribution is 2.20. The number of ether oxygens (including phenoxy) is 1. The Morgan fingerprint density at radius 1 is 1.27 bits per heavy atom. The zero-order chi connectivity index (χ0) is 15.5. The van der Waals surface area contributed by atoms with Crippen molar-refractivity contribution in [3.63, 3.8) is 0 Å². The molecule has 0 aromatic carbocycles. The second kappa shape index (κ2) is 6.76. The van der Waals surface area contributed by atoms with Gasteiger partial charge in [0, 0.05) is 51.7 Å². The summed E-state index contributed by atoms with van der Waals surface area (Å²) in [4.78, 5) is 20.8. The van der Waals surface area contributed by atoms with Crippen molar-refractivity contribution in [2.24, 2.45) is 7.05 Å². The first-order valence-electron chi connectivity index (χ1n) is 7.93. The molecule has 0 saturated carbocycles. The van der Waals surface area contributed by atoms with E-state index in [1.54, 1.807) is 17.0 Å². The fourth-order valence-electron chi connectivity index (χ4n) is 3.32. The van der Waals surface area contributed by atoms with Crippen LogP contribution in [0.5, 0.6) is 0 Å². The molecule has 3 rings (SSSR count). The summed E-state index contributed by atoms with van der Waals surface area (Å²) in [5.74, 6) is 0.404. The molecule has 2 atom stereocenters. The molecule has 2 aliphatic heterocycles. The zero-order valence-corrected chi connectivity index (χ0v) is 13.0. The number of amides is 1. The molecule has 3 heterocycles. The number of aliphatic hydroxyl groups excluding tert-OH is 1. The Kier molecular flexibility index (Phi) is 4.75. The molecule has 1 N–H and O–H groups in total. The number of aliphatic hydroxyl groups is 1. The van der Waals surface area contributed by atoms with Crippen LogP contribution in [0.2, 0.25) is 0 Å². The Morgan fingerprint density at radius 2 is 2.00 bits per heavy atom. The predicted molar refractivity (Wildman–Crippen MR) is 80.5 cm³/mol. The van der Waals surface area contributed by atoms with Gasteiger partial charge in [-0.2, -0.15) is 0 Å². The Bertz CT molecular complexity index is 513. The molecule has 2 aliphatic rings. The number of likely N-dealkylation sites (tertiary alicyclic amines) is 1. The van der Waals surface area contributed by atoms with Gasteiger partial charge in [0.05, 0.1) is 19.3 Å². The van der Waals surface area contributed by atoms with E-state index < -0.39 is 6.10 Å². The van der Waals surface area contributed by atoms with E-state index in [0.717, 1.165) is 32.7 Å². The number of aryl methyl sites for hydroxylation is 1. The minimum Gasteiger partial charge on any atom is -0.391 e. The summed E-state index contributed by atoms with van der Waals surface area (Å²) in [5.41, 5.74) is 0. The van der Waals surface area contributed by atoms with Crippen molar-refractivity contribution < 1.29 is 14.6 Å². The third-order valence-corrected chi connectivity index (χ3v) is 4.65. The smallest absolute Gasteiger partial charge is 0.289 e. The van der Waals surface area contributed by atoms with Crippen LogP contribution in [-0.2, 0) is 11.8 Å². The second-order valence-electron chi connectivity index (χ2n) is 6.01. The largest absolute Gasteiger partial charge is 0.391 e. The first-order chi connectivity index (χ1) is 10.7. The van der Waals surface area contributed by atoms with E-state index >= 15 is 0 Å². The molecule has 0 unspecified atom stereocenters. The average Bonchev–Trinajstić information content (AvgIpc) is 2.86. The Balaban J connectivity index is 1.65. The monoisotopic (exact) mass is 308 g/mol. The van der Waals surface area contributed by atoms with Gasteiger partial charge in [0.1, 0.15) is 0 Å². The van der Waals surface area contributed by atoms with E-state index in [2.05, 4.69) is 9.88 Å². The highest BCUT2D eigenvalue weighted by Gasteiger charge is 2.32. The summed E-state index contributed by atoms with van der Waals surface area (Å²) in [6.45, 7) is 4.39. The maximum absolute atomic E-state index is 12.6. The van der Waals surface area contributed by atoms with Gasteiger partial charge in [0.25, 0.3) is 5.91 Å². The third-order valence-electron chi connectivity index (χ3n) is 4.65. The number of carbonyl (C=O) groups excluding carboxylic acids is 1. The van der Waals surface area contributed by atoms with Gasteiger partial charge >= 0.3 is 0 Å². The molecular weight excluding hydrogens is 284 g/mol. The molecule has 1 aromatic heterocycles. The Hall–Kier alpha value is -1.44. The molecule has 1 aromatic rings. The molecule has 1 amide bonds. The van der Waals surface area contributed by atoms with Crippen LogP contribution in [0, 0.1) is 0 Å². The first kappa shape index (κ1) is 15.5. The molecule has 2 saturated heterocycles. The highest BCUT2D eigenvalue weighted by molar-refractivity contribution is 5.90. The number of imidazole rings is 1. The van der Waals surface area contributed by atoms with E-state index in [-0.39, 0.29) is 11.9 Å². The SMILES string of the molecule is Cn1ccnc1C(=O)N1CC[C@H](O)[C@@H](N2CCOCC2)CC1. The summed E-state index contributed by atoms with van der Waals surface area (Å²) in [5, 5.41) is 10.4. The lowest BCUT2D eigenvalue weighted by Crippen LogP contribution is -2.49. The van der Waals surface area contributed by atoms with Crippen LogP contribution in [0.1, 0.15) is 23.5 Å². The lowest BCUT2D eigenvalue weighted by atomic mass is 10.0. The normalized spacial score (nSPS) is 27.6. The van der Waals surface area contributed by atoms with Crippen molar-refractivity contribution in [2.45, 2.75) is 25.0 Å². The van der Waals surface area contributed by atoms with Gasteiger partial charge in [-0.3, -0.25) is 9.69 Å². The quantitative estimate of drug-likeness (QED) is 0.813. The topological polar surface area (TPSA) is 70.8 Å². The molecule has 0 spiro atoms. The lowest BCUT2D eigenvalue weighted by Gasteiger charge is -2.36. The fourth-order valence-corrected chi connectivity index (χ4v) is 3.32. The van der Waals surface area contributed by atoms with Crippen molar-refractivity contribution in [1.29, 1.82) is 0 Å². The van der Waals surface area contributed by atoms with Gasteiger partial charge in [-0.15, -0.1) is 0 Å². The van der Waals surface area contributed by atoms with Crippen LogP contribution in [-0.4, -0.2) is 81.9 Å². The zero-order valence-electron chi connectivity index (χ0n) is 13.0. The lowest BCUT2D eigenvalue weighted by molar-refractivity contribution is -0.0222. The van der Waals surface area contributed by atoms with Gasteiger partial charge in [0.15, 0.2) is 5.82 Å². The highest BCUT2D eigenvalue weighted by atomic mass is 16.5. The number of rotatable bonds is 2. The van der Waals surface area contributed by atoms with Crippen molar-refractivity contribution in [3.8, 4) is 0 Å². The molecular formula is C15H24N4O3. The van der Waals surface area contributed by atoms with Gasteiger partial charge < -0.3 is 19.3 Å². The summed E-state index contributed by atoms with van der Waals surface area (Å²) >= 11 is 0. The molecule has 122 valence electrons. The molecule has 7 nitrogen and oxygen atoms in total. The Morgan fingerprint density at radius 3 is 2.68 bits per heavy atom. The van der Waals surface area contributed by atoms with E-state index in [0.29, 0.717) is 25.3 Å². The molecule has 7 heteroatoms. The average molecular weight is 308 g/mol. The molecule has 0 radical (unpaired) electrons. The second-order valence-corrected chi connectivity index (χ2v) is 6.01. The van der Waals surface area contributed by atoms with Gasteiger partial charge in [-0.1, -0.05) is 0 Å². The number of hydrogen-bond acceptors (Lipinski definition) is 5. The number of nitrogens with zero attached hydrogens (tertiary/aromatic N) is 4. The van der Waals surface area contributed by atoms with Crippen LogP contribution < -0.4 is 0 Å². The number of aromatic nitrogens is 2. The summed E-state index contributed by atoms with van der Waals surface area (Å²) in [6, 6.07) is 0.114. The van der Waals surface area contributed by atoms with Gasteiger partial charge in [-0.05, 0) is 12.8 Å². The molecule has 0 aliphatic carbocycles. The minimum atomic E-state index is -0.391. The predicted octanol–water partition coefficient (Wildman–Crippen LogP) is -0.282. The van der Waals surface area contributed by atoms with Gasteiger partial charge in [-0.25, -0.2) is 4.98 Å². The first-order valence-corrected chi connectivity index (χ1v) is 7.93. The van der Waals surface area contributed by atoms with Crippen molar-refractivity contribution >= 4 is 5.91 Å². The standard InChI is InChI=1S/C15H24N4O3/c1-17-7-4-16-14(17)15(21)19-5-2-12(13(20)3-6-19)18-8-10-22-11-9-18/h4,7,12-13,20H,2-3,5-6,8-11H2,1H3/t12-,13-/m0/s1. The van der Waals surface area contributed by atoms with Crippen molar-refractivity contribution in [2.75, 3.05) is 39.4 Å². The van der Waals surface area contributed by atoms with Gasteiger partial charge in [0.2, 0.25) is 0 Å². The molecule has 2 fully saturated rings. The number of morpholine rings is 1. The maximum Gasteiger partial charge on any atom is 0.289 e. The van der Waals surface area contributed by atoms with E-state index in [9.17, 15) is 9.90 Å². The Labute approximate surface area is 130 Å². The van der Waals surface area contributed by atoms with E-state index in [4.69, 9.17) is 4.74 Å². The minimum absolute atomic E-state index is 0.0534. The third kappa shape index (κ3) is 3.16. The van der Waals surface area contributed by atoms with Crippen molar-refractivity contribution in [3.05, 3.63) is 18.2 Å². The van der Waals surface area contributed by atoms with E-state index in [1.807, 2.05) is 11.9 Å². The van der Waals surface area contributed by atoms with Crippen molar-refractivity contribution in [1.82, 2.24) is 19.4 Å². The summed E-state index contributed by atoms with van der Waals surface area (Å²) in [7, 11) is 1.82. The van der Waals surface area contributed by atoms with Crippen LogP contribution in [0.4, 0.5) is 0 Å². The molecule has 0 bridgehead atoms. The molecule has 22 heavy (non-hydrogen) atoms. The fraction of sp³-hybridized carbons (Fsp3) is 0.733. The maximum atomic E-state index is 12.6. The summed E-state index contributed by atoms with van der Waals surface area (Å²) in [6.07, 6.45) is 4.42. The summed E-state index contributed by atoms with van der Waals surface area (Å²) < 4.78 is 7.12.